The molecule has 2 aromatic carbocycles. The van der Waals surface area contributed by atoms with Gasteiger partial charge < -0.3 is 15.0 Å². The Morgan fingerprint density at radius 1 is 1.06 bits per heavy atom. The second-order valence-electron chi connectivity index (χ2n) is 8.92. The van der Waals surface area contributed by atoms with E-state index in [0.717, 1.165) is 33.7 Å². The highest BCUT2D eigenvalue weighted by Gasteiger charge is 2.31. The Labute approximate surface area is 209 Å². The van der Waals surface area contributed by atoms with Crippen LogP contribution in [0, 0.1) is 13.8 Å². The SMILES string of the molecule is CC[C@H](C)NC(=O)[C@@H](C)N(Cc1ccc(OC)cc1)C(=O)CN(c1cc(C)ccc1C)S(C)(=O)=O. The van der Waals surface area contributed by atoms with Crippen molar-refractivity contribution in [3.05, 3.63) is 59.2 Å². The monoisotopic (exact) mass is 503 g/mol. The third-order valence-electron chi connectivity index (χ3n) is 5.99. The molecule has 0 aliphatic heterocycles. The van der Waals surface area contributed by atoms with Crippen LogP contribution in [0.3, 0.4) is 0 Å². The Balaban J connectivity index is 2.42. The van der Waals surface area contributed by atoms with Crippen LogP contribution in [-0.2, 0) is 26.2 Å². The second-order valence-corrected chi connectivity index (χ2v) is 10.8. The normalized spacial score (nSPS) is 13.0. The molecule has 2 amide bonds. The smallest absolute Gasteiger partial charge is 0.244 e. The van der Waals surface area contributed by atoms with E-state index in [1.807, 2.05) is 45.0 Å². The van der Waals surface area contributed by atoms with E-state index < -0.39 is 28.5 Å². The fourth-order valence-electron chi connectivity index (χ4n) is 3.56. The maximum atomic E-state index is 13.6. The molecule has 8 nitrogen and oxygen atoms in total. The average molecular weight is 504 g/mol. The fourth-order valence-corrected chi connectivity index (χ4v) is 4.46. The van der Waals surface area contributed by atoms with Crippen LogP contribution in [0.5, 0.6) is 5.75 Å². The summed E-state index contributed by atoms with van der Waals surface area (Å²) in [6.07, 6.45) is 1.83. The molecule has 0 radical (unpaired) electrons. The molecule has 0 fully saturated rings. The highest BCUT2D eigenvalue weighted by atomic mass is 32.2. The van der Waals surface area contributed by atoms with Gasteiger partial charge in [0.15, 0.2) is 0 Å². The van der Waals surface area contributed by atoms with Crippen molar-refractivity contribution in [1.82, 2.24) is 10.2 Å². The molecule has 35 heavy (non-hydrogen) atoms. The van der Waals surface area contributed by atoms with E-state index in [1.54, 1.807) is 39.2 Å². The van der Waals surface area contributed by atoms with Crippen LogP contribution in [0.15, 0.2) is 42.5 Å². The summed E-state index contributed by atoms with van der Waals surface area (Å²) in [5.74, 6) is -0.0924. The molecule has 0 saturated heterocycles. The number of hydrogen-bond acceptors (Lipinski definition) is 5. The number of anilines is 1. The second kappa shape index (κ2) is 12.1. The van der Waals surface area contributed by atoms with Crippen molar-refractivity contribution < 1.29 is 22.7 Å². The molecule has 0 unspecified atom stereocenters. The average Bonchev–Trinajstić information content (AvgIpc) is 2.81. The van der Waals surface area contributed by atoms with Gasteiger partial charge in [0.2, 0.25) is 21.8 Å². The Bertz CT molecular complexity index is 1130. The van der Waals surface area contributed by atoms with Crippen molar-refractivity contribution in [2.45, 2.75) is 59.7 Å². The zero-order chi connectivity index (χ0) is 26.3. The van der Waals surface area contributed by atoms with Crippen LogP contribution in [0.25, 0.3) is 0 Å². The molecule has 192 valence electrons. The number of carbonyl (C=O) groups excluding carboxylic acids is 2. The van der Waals surface area contributed by atoms with Crippen LogP contribution in [0.2, 0.25) is 0 Å². The lowest BCUT2D eigenvalue weighted by molar-refractivity contribution is -0.139. The lowest BCUT2D eigenvalue weighted by Gasteiger charge is -2.32. The first-order valence-electron chi connectivity index (χ1n) is 11.6. The molecule has 2 rings (SSSR count). The van der Waals surface area contributed by atoms with Crippen molar-refractivity contribution in [2.75, 3.05) is 24.2 Å². The highest BCUT2D eigenvalue weighted by molar-refractivity contribution is 7.92. The first-order chi connectivity index (χ1) is 16.4. The minimum atomic E-state index is -3.77. The number of carbonyl (C=O) groups is 2. The minimum Gasteiger partial charge on any atom is -0.497 e. The van der Waals surface area contributed by atoms with Gasteiger partial charge in [0, 0.05) is 12.6 Å². The van der Waals surface area contributed by atoms with Crippen molar-refractivity contribution in [1.29, 1.82) is 0 Å². The van der Waals surface area contributed by atoms with Gasteiger partial charge in [0.1, 0.15) is 18.3 Å². The van der Waals surface area contributed by atoms with Crippen molar-refractivity contribution in [2.24, 2.45) is 0 Å². The van der Waals surface area contributed by atoms with Gasteiger partial charge in [-0.1, -0.05) is 31.2 Å². The van der Waals surface area contributed by atoms with Crippen LogP contribution in [0.1, 0.15) is 43.9 Å². The molecule has 0 aliphatic rings. The first-order valence-corrected chi connectivity index (χ1v) is 13.5. The summed E-state index contributed by atoms with van der Waals surface area (Å²) in [5.41, 5.74) is 2.85. The van der Waals surface area contributed by atoms with Gasteiger partial charge in [0.25, 0.3) is 0 Å². The quantitative estimate of drug-likeness (QED) is 0.507. The van der Waals surface area contributed by atoms with E-state index in [0.29, 0.717) is 11.4 Å². The predicted octanol–water partition coefficient (Wildman–Crippen LogP) is 3.41. The number of nitrogens with zero attached hydrogens (tertiary/aromatic N) is 2. The predicted molar refractivity (Wildman–Crippen MR) is 139 cm³/mol. The topological polar surface area (TPSA) is 96.0 Å². The molecule has 2 aromatic rings. The number of amides is 2. The molecule has 2 atom stereocenters. The van der Waals surface area contributed by atoms with Crippen LogP contribution in [-0.4, -0.2) is 57.1 Å². The van der Waals surface area contributed by atoms with Gasteiger partial charge in [0.05, 0.1) is 19.1 Å². The van der Waals surface area contributed by atoms with Crippen LogP contribution < -0.4 is 14.4 Å². The third-order valence-corrected chi connectivity index (χ3v) is 7.12. The molecule has 9 heteroatoms. The van der Waals surface area contributed by atoms with Gasteiger partial charge in [-0.15, -0.1) is 0 Å². The van der Waals surface area contributed by atoms with Gasteiger partial charge in [-0.05, 0) is 69.0 Å². The number of sulfonamides is 1. The number of ether oxygens (including phenoxy) is 1. The Morgan fingerprint density at radius 2 is 1.69 bits per heavy atom. The van der Waals surface area contributed by atoms with Gasteiger partial charge in [-0.25, -0.2) is 8.42 Å². The molecule has 0 spiro atoms. The number of rotatable bonds is 11. The molecular weight excluding hydrogens is 466 g/mol. The Morgan fingerprint density at radius 3 is 2.23 bits per heavy atom. The van der Waals surface area contributed by atoms with Gasteiger partial charge in [-0.3, -0.25) is 13.9 Å². The van der Waals surface area contributed by atoms with Crippen LogP contribution in [0.4, 0.5) is 5.69 Å². The Hall–Kier alpha value is -3.07. The van der Waals surface area contributed by atoms with E-state index in [9.17, 15) is 18.0 Å². The first kappa shape index (κ1) is 28.2. The van der Waals surface area contributed by atoms with Crippen molar-refractivity contribution >= 4 is 27.5 Å². The van der Waals surface area contributed by atoms with E-state index in [4.69, 9.17) is 4.74 Å². The van der Waals surface area contributed by atoms with Gasteiger partial charge in [-0.2, -0.15) is 0 Å². The number of aryl methyl sites for hydroxylation is 2. The lowest BCUT2D eigenvalue weighted by Crippen LogP contribution is -2.52. The Kier molecular flexibility index (Phi) is 9.71. The lowest BCUT2D eigenvalue weighted by atomic mass is 10.1. The molecule has 0 saturated carbocycles. The largest absolute Gasteiger partial charge is 0.497 e. The molecule has 0 aromatic heterocycles. The summed E-state index contributed by atoms with van der Waals surface area (Å²) < 4.78 is 31.8. The van der Waals surface area contributed by atoms with E-state index in [-0.39, 0.29) is 18.5 Å². The number of hydrogen-bond donors (Lipinski definition) is 1. The molecule has 1 N–H and O–H groups in total. The molecular formula is C26H37N3O5S. The van der Waals surface area contributed by atoms with E-state index >= 15 is 0 Å². The zero-order valence-corrected chi connectivity index (χ0v) is 22.5. The fraction of sp³-hybridized carbons (Fsp3) is 0.462. The third kappa shape index (κ3) is 7.71. The molecule has 0 aliphatic carbocycles. The summed E-state index contributed by atoms with van der Waals surface area (Å²) in [4.78, 5) is 28.0. The highest BCUT2D eigenvalue weighted by Crippen LogP contribution is 2.25. The maximum Gasteiger partial charge on any atom is 0.244 e. The number of nitrogens with one attached hydrogen (secondary N) is 1. The summed E-state index contributed by atoms with van der Waals surface area (Å²) >= 11 is 0. The van der Waals surface area contributed by atoms with Crippen molar-refractivity contribution in [3.8, 4) is 5.75 Å². The molecule has 0 heterocycles. The van der Waals surface area contributed by atoms with E-state index in [2.05, 4.69) is 5.32 Å². The summed E-state index contributed by atoms with van der Waals surface area (Å²) in [6.45, 7) is 8.90. The minimum absolute atomic E-state index is 0.0506. The summed E-state index contributed by atoms with van der Waals surface area (Å²) in [6, 6.07) is 11.8. The van der Waals surface area contributed by atoms with E-state index in [1.165, 1.54) is 4.90 Å². The standard InChI is InChI=1S/C26H37N3O5S/c1-8-20(4)27-26(31)21(5)28(16-22-11-13-23(34-6)14-12-22)25(30)17-29(35(7,32)33)24-15-18(2)9-10-19(24)3/h9-15,20-21H,8,16-17H2,1-7H3,(H,27,31)/t20-,21+/m0/s1. The zero-order valence-electron chi connectivity index (χ0n) is 21.7. The van der Waals surface area contributed by atoms with Crippen molar-refractivity contribution in [3.63, 3.8) is 0 Å². The summed E-state index contributed by atoms with van der Waals surface area (Å²) in [7, 11) is -2.20. The maximum absolute atomic E-state index is 13.6. The number of methoxy groups -OCH3 is 1. The van der Waals surface area contributed by atoms with Gasteiger partial charge >= 0.3 is 0 Å². The molecule has 0 bridgehead atoms. The summed E-state index contributed by atoms with van der Waals surface area (Å²) in [5, 5.41) is 2.92. The number of benzene rings is 2. The van der Waals surface area contributed by atoms with Crippen LogP contribution >= 0.6 is 0 Å².